The number of hydrogen-bond acceptors (Lipinski definition) is 7. The number of nitrogens with one attached hydrogen (secondary N) is 3. The predicted molar refractivity (Wildman–Crippen MR) is 168 cm³/mol. The van der Waals surface area contributed by atoms with Gasteiger partial charge in [0, 0.05) is 64.8 Å². The predicted octanol–water partition coefficient (Wildman–Crippen LogP) is 4.20. The molecule has 5 rings (SSSR count). The van der Waals surface area contributed by atoms with Crippen molar-refractivity contribution in [1.29, 1.82) is 0 Å². The van der Waals surface area contributed by atoms with Gasteiger partial charge in [-0.05, 0) is 97.3 Å². The van der Waals surface area contributed by atoms with Crippen molar-refractivity contribution in [3.8, 4) is 0 Å². The van der Waals surface area contributed by atoms with E-state index in [0.29, 0.717) is 0 Å². The molecule has 1 aliphatic rings. The van der Waals surface area contributed by atoms with Crippen molar-refractivity contribution in [2.45, 2.75) is 39.0 Å². The zero-order valence-electron chi connectivity index (χ0n) is 24.3. The number of benzene rings is 2. The second-order valence-electron chi connectivity index (χ2n) is 11.0. The zero-order chi connectivity index (χ0) is 28.0. The number of pyridine rings is 2. The Morgan fingerprint density at radius 2 is 1.20 bits per heavy atom. The molecule has 1 saturated heterocycles. The first kappa shape index (κ1) is 29.3. The van der Waals surface area contributed by atoms with E-state index in [0.717, 1.165) is 89.9 Å². The lowest BCUT2D eigenvalue weighted by Crippen LogP contribution is -2.36. The van der Waals surface area contributed by atoms with Crippen LogP contribution in [-0.4, -0.2) is 72.1 Å². The third kappa shape index (κ3) is 9.99. The van der Waals surface area contributed by atoms with Gasteiger partial charge in [-0.15, -0.1) is 0 Å². The molecule has 0 unspecified atom stereocenters. The van der Waals surface area contributed by atoms with Crippen molar-refractivity contribution in [3.63, 3.8) is 0 Å². The first-order valence-corrected chi connectivity index (χ1v) is 15.2. The highest BCUT2D eigenvalue weighted by atomic mass is 15.1. The van der Waals surface area contributed by atoms with E-state index in [9.17, 15) is 0 Å². The molecule has 216 valence electrons. The summed E-state index contributed by atoms with van der Waals surface area (Å²) in [5.41, 5.74) is 4.84. The summed E-state index contributed by atoms with van der Waals surface area (Å²) in [7, 11) is 0. The molecule has 0 amide bonds. The van der Waals surface area contributed by atoms with E-state index in [4.69, 9.17) is 0 Å². The first-order valence-electron chi connectivity index (χ1n) is 15.2. The Bertz CT molecular complexity index is 1240. The van der Waals surface area contributed by atoms with Crippen LogP contribution < -0.4 is 16.0 Å². The van der Waals surface area contributed by atoms with E-state index in [2.05, 4.69) is 96.4 Å². The maximum atomic E-state index is 4.57. The van der Waals surface area contributed by atoms with Crippen LogP contribution in [0, 0.1) is 0 Å². The first-order chi connectivity index (χ1) is 20.3. The Morgan fingerprint density at radius 3 is 1.85 bits per heavy atom. The van der Waals surface area contributed by atoms with E-state index in [1.807, 2.05) is 24.5 Å². The summed E-state index contributed by atoms with van der Waals surface area (Å²) in [5, 5.41) is 13.3. The van der Waals surface area contributed by atoms with Crippen LogP contribution in [0.25, 0.3) is 10.8 Å². The highest BCUT2D eigenvalue weighted by Crippen LogP contribution is 2.21. The molecule has 0 saturated carbocycles. The molecule has 1 aliphatic heterocycles. The lowest BCUT2D eigenvalue weighted by molar-refractivity contribution is 0.242. The molecule has 2 aromatic carbocycles. The highest BCUT2D eigenvalue weighted by Gasteiger charge is 2.12. The standard InChI is InChI=1S/C34H45N7/c1-3-16-38-33(7-1)27-41(28-34-8-2-4-17-39-34)26-30-10-12-31-23-29(9-11-32(31)24-30)25-40-21-6-15-36-19-18-35-13-5-14-37-20-22-40/h1-4,7-12,16-17,23-24,35-37H,5-6,13-15,18-22,25-28H2. The molecular formula is C34H45N7. The van der Waals surface area contributed by atoms with E-state index < -0.39 is 0 Å². The van der Waals surface area contributed by atoms with Crippen LogP contribution in [0.2, 0.25) is 0 Å². The van der Waals surface area contributed by atoms with Gasteiger partial charge in [0.05, 0.1) is 11.4 Å². The lowest BCUT2D eigenvalue weighted by atomic mass is 10.0. The molecule has 7 nitrogen and oxygen atoms in total. The molecule has 0 radical (unpaired) electrons. The summed E-state index contributed by atoms with van der Waals surface area (Å²) in [5.74, 6) is 0. The molecule has 3 heterocycles. The fourth-order valence-corrected chi connectivity index (χ4v) is 5.49. The smallest absolute Gasteiger partial charge is 0.0544 e. The summed E-state index contributed by atoms with van der Waals surface area (Å²) < 4.78 is 0. The SMILES string of the molecule is c1ccc(CN(Cc2ccc3cc(CN4CCCNCCNCCCNCC4)ccc3c2)Cc2ccccn2)nc1. The van der Waals surface area contributed by atoms with Gasteiger partial charge in [-0.25, -0.2) is 0 Å². The second-order valence-corrected chi connectivity index (χ2v) is 11.0. The molecule has 0 aliphatic carbocycles. The van der Waals surface area contributed by atoms with E-state index in [1.54, 1.807) is 0 Å². The Hall–Kier alpha value is -3.20. The molecule has 2 aromatic heterocycles. The number of aromatic nitrogens is 2. The molecule has 7 heteroatoms. The van der Waals surface area contributed by atoms with Gasteiger partial charge in [-0.3, -0.25) is 19.8 Å². The minimum absolute atomic E-state index is 0.783. The van der Waals surface area contributed by atoms with Gasteiger partial charge in [0.1, 0.15) is 0 Å². The third-order valence-electron chi connectivity index (χ3n) is 7.62. The van der Waals surface area contributed by atoms with Gasteiger partial charge in [0.15, 0.2) is 0 Å². The van der Waals surface area contributed by atoms with Crippen LogP contribution in [0.5, 0.6) is 0 Å². The average molecular weight is 552 g/mol. The van der Waals surface area contributed by atoms with Crippen molar-refractivity contribution in [2.75, 3.05) is 52.4 Å². The maximum Gasteiger partial charge on any atom is 0.0544 e. The topological polar surface area (TPSA) is 68.3 Å². The highest BCUT2D eigenvalue weighted by molar-refractivity contribution is 5.83. The molecular weight excluding hydrogens is 506 g/mol. The van der Waals surface area contributed by atoms with Crippen molar-refractivity contribution in [1.82, 2.24) is 35.7 Å². The van der Waals surface area contributed by atoms with Crippen molar-refractivity contribution < 1.29 is 0 Å². The Morgan fingerprint density at radius 1 is 0.585 bits per heavy atom. The summed E-state index contributed by atoms with van der Waals surface area (Å²) in [6.45, 7) is 12.0. The number of rotatable bonds is 8. The summed E-state index contributed by atoms with van der Waals surface area (Å²) in [6, 6.07) is 26.1. The van der Waals surface area contributed by atoms with Crippen LogP contribution >= 0.6 is 0 Å². The molecule has 0 bridgehead atoms. The zero-order valence-corrected chi connectivity index (χ0v) is 24.3. The number of fused-ring (bicyclic) bond motifs is 1. The van der Waals surface area contributed by atoms with Crippen molar-refractivity contribution >= 4 is 10.8 Å². The van der Waals surface area contributed by atoms with Crippen LogP contribution in [-0.2, 0) is 26.2 Å². The Kier molecular flexibility index (Phi) is 11.6. The van der Waals surface area contributed by atoms with Crippen LogP contribution in [0.4, 0.5) is 0 Å². The molecule has 0 atom stereocenters. The summed E-state index contributed by atoms with van der Waals surface area (Å²) >= 11 is 0. The van der Waals surface area contributed by atoms with E-state index >= 15 is 0 Å². The Balaban J connectivity index is 1.24. The van der Waals surface area contributed by atoms with Gasteiger partial charge in [-0.2, -0.15) is 0 Å². The molecule has 3 N–H and O–H groups in total. The van der Waals surface area contributed by atoms with Crippen LogP contribution in [0.3, 0.4) is 0 Å². The van der Waals surface area contributed by atoms with Gasteiger partial charge in [0.25, 0.3) is 0 Å². The molecule has 1 fully saturated rings. The molecule has 4 aromatic rings. The van der Waals surface area contributed by atoms with Gasteiger partial charge in [0.2, 0.25) is 0 Å². The van der Waals surface area contributed by atoms with E-state index in [-0.39, 0.29) is 0 Å². The quantitative estimate of drug-likeness (QED) is 0.303. The monoisotopic (exact) mass is 551 g/mol. The van der Waals surface area contributed by atoms with Gasteiger partial charge in [-0.1, -0.05) is 36.4 Å². The van der Waals surface area contributed by atoms with Gasteiger partial charge < -0.3 is 16.0 Å². The normalized spacial score (nSPS) is 16.5. The fourth-order valence-electron chi connectivity index (χ4n) is 5.49. The number of hydrogen-bond donors (Lipinski definition) is 3. The van der Waals surface area contributed by atoms with Crippen LogP contribution in [0.15, 0.2) is 85.2 Å². The van der Waals surface area contributed by atoms with Crippen LogP contribution in [0.1, 0.15) is 35.4 Å². The minimum atomic E-state index is 0.783. The molecule has 41 heavy (non-hydrogen) atoms. The fraction of sp³-hybridized carbons (Fsp3) is 0.412. The number of nitrogens with zero attached hydrogens (tertiary/aromatic N) is 4. The largest absolute Gasteiger partial charge is 0.315 e. The minimum Gasteiger partial charge on any atom is -0.315 e. The van der Waals surface area contributed by atoms with Crippen molar-refractivity contribution in [3.05, 3.63) is 108 Å². The summed E-state index contributed by atoms with van der Waals surface area (Å²) in [4.78, 5) is 14.2. The second kappa shape index (κ2) is 16.3. The summed E-state index contributed by atoms with van der Waals surface area (Å²) in [6.07, 6.45) is 6.09. The van der Waals surface area contributed by atoms with Gasteiger partial charge >= 0.3 is 0 Å². The average Bonchev–Trinajstić information content (AvgIpc) is 3.00. The lowest BCUT2D eigenvalue weighted by Gasteiger charge is -2.24. The van der Waals surface area contributed by atoms with Crippen molar-refractivity contribution in [2.24, 2.45) is 0 Å². The Labute approximate surface area is 245 Å². The molecule has 0 spiro atoms. The third-order valence-corrected chi connectivity index (χ3v) is 7.62. The van der Waals surface area contributed by atoms with E-state index in [1.165, 1.54) is 34.7 Å². The maximum absolute atomic E-state index is 4.57.